The number of rotatable bonds is 9. The van der Waals surface area contributed by atoms with Crippen LogP contribution in [0.5, 0.6) is 0 Å². The van der Waals surface area contributed by atoms with Crippen LogP contribution >= 0.6 is 23.4 Å². The van der Waals surface area contributed by atoms with E-state index in [1.54, 1.807) is 53.1 Å². The van der Waals surface area contributed by atoms with Crippen molar-refractivity contribution in [1.82, 2.24) is 14.8 Å². The predicted octanol–water partition coefficient (Wildman–Crippen LogP) is 4.74. The number of anilines is 1. The third-order valence-electron chi connectivity index (χ3n) is 4.81. The highest BCUT2D eigenvalue weighted by Gasteiger charge is 2.25. The first-order valence-corrected chi connectivity index (χ1v) is 13.1. The Morgan fingerprint density at radius 1 is 1.16 bits per heavy atom. The summed E-state index contributed by atoms with van der Waals surface area (Å²) in [7, 11) is -3.57. The first-order chi connectivity index (χ1) is 15.2. The van der Waals surface area contributed by atoms with Gasteiger partial charge in [0.15, 0.2) is 15.0 Å². The Hall–Kier alpha value is -2.36. The molecule has 2 aromatic carbocycles. The number of thioether (sulfide) groups is 1. The molecular weight excluding hydrogens is 468 g/mol. The molecule has 0 spiro atoms. The number of sulfone groups is 1. The number of benzene rings is 2. The molecule has 0 aliphatic carbocycles. The zero-order chi connectivity index (χ0) is 23.3. The van der Waals surface area contributed by atoms with Gasteiger partial charge < -0.3 is 9.88 Å². The fraction of sp³-hybridized carbons (Fsp3) is 0.318. The fourth-order valence-electron chi connectivity index (χ4n) is 3.07. The zero-order valence-corrected chi connectivity index (χ0v) is 20.5. The van der Waals surface area contributed by atoms with Crippen LogP contribution in [-0.2, 0) is 26.9 Å². The van der Waals surface area contributed by atoms with Crippen molar-refractivity contribution in [3.05, 3.63) is 64.9 Å². The molecule has 0 aliphatic rings. The van der Waals surface area contributed by atoms with Crippen LogP contribution in [0, 0.1) is 6.92 Å². The van der Waals surface area contributed by atoms with Crippen molar-refractivity contribution in [3.63, 3.8) is 0 Å². The van der Waals surface area contributed by atoms with Crippen molar-refractivity contribution >= 4 is 44.8 Å². The summed E-state index contributed by atoms with van der Waals surface area (Å²) in [4.78, 5) is 13.0. The van der Waals surface area contributed by atoms with Gasteiger partial charge in [-0.1, -0.05) is 54.0 Å². The molecule has 0 saturated heterocycles. The maximum absolute atomic E-state index is 12.8. The molecule has 3 rings (SSSR count). The summed E-state index contributed by atoms with van der Waals surface area (Å²) in [6.07, 6.45) is 0.560. The van der Waals surface area contributed by atoms with Gasteiger partial charge in [0.05, 0.1) is 10.1 Å². The van der Waals surface area contributed by atoms with E-state index >= 15 is 0 Å². The van der Waals surface area contributed by atoms with E-state index < -0.39 is 15.1 Å². The minimum absolute atomic E-state index is 0.181. The number of hydrogen-bond acceptors (Lipinski definition) is 6. The van der Waals surface area contributed by atoms with Crippen LogP contribution in [0.15, 0.2) is 58.6 Å². The molecule has 1 N–H and O–H groups in total. The summed E-state index contributed by atoms with van der Waals surface area (Å²) in [5.41, 5.74) is 1.60. The Labute approximate surface area is 197 Å². The Morgan fingerprint density at radius 3 is 2.50 bits per heavy atom. The molecule has 170 valence electrons. The largest absolute Gasteiger partial charge is 0.325 e. The highest BCUT2D eigenvalue weighted by molar-refractivity contribution is 8.00. The number of nitrogens with one attached hydrogen (secondary N) is 1. The van der Waals surface area contributed by atoms with Gasteiger partial charge in [0.2, 0.25) is 5.91 Å². The number of amides is 1. The van der Waals surface area contributed by atoms with Gasteiger partial charge in [-0.05, 0) is 50.6 Å². The van der Waals surface area contributed by atoms with Gasteiger partial charge >= 0.3 is 0 Å². The summed E-state index contributed by atoms with van der Waals surface area (Å²) < 4.78 is 27.4. The van der Waals surface area contributed by atoms with E-state index in [1.165, 1.54) is 11.8 Å². The van der Waals surface area contributed by atoms with E-state index in [0.29, 0.717) is 34.7 Å². The molecule has 0 fully saturated rings. The summed E-state index contributed by atoms with van der Waals surface area (Å²) in [6, 6.07) is 13.7. The Kier molecular flexibility index (Phi) is 7.97. The van der Waals surface area contributed by atoms with E-state index in [2.05, 4.69) is 15.5 Å². The number of aromatic nitrogens is 3. The van der Waals surface area contributed by atoms with E-state index in [4.69, 9.17) is 11.6 Å². The summed E-state index contributed by atoms with van der Waals surface area (Å²) >= 11 is 7.26. The molecule has 1 aromatic heterocycles. The molecule has 1 atom stereocenters. The zero-order valence-electron chi connectivity index (χ0n) is 18.1. The second kappa shape index (κ2) is 10.5. The summed E-state index contributed by atoms with van der Waals surface area (Å²) in [5.74, 6) is -0.0944. The van der Waals surface area contributed by atoms with Crippen molar-refractivity contribution in [2.75, 3.05) is 5.32 Å². The van der Waals surface area contributed by atoms with Gasteiger partial charge in [-0.2, -0.15) is 0 Å². The van der Waals surface area contributed by atoms with Crippen molar-refractivity contribution in [1.29, 1.82) is 0 Å². The Morgan fingerprint density at radius 2 is 1.88 bits per heavy atom. The van der Waals surface area contributed by atoms with Gasteiger partial charge in [0, 0.05) is 17.3 Å². The molecule has 0 bridgehead atoms. The molecule has 1 amide bonds. The molecule has 1 unspecified atom stereocenters. The van der Waals surface area contributed by atoms with Gasteiger partial charge in [-0.15, -0.1) is 10.2 Å². The molecular formula is C22H25ClN4O3S2. The first kappa shape index (κ1) is 24.3. The van der Waals surface area contributed by atoms with Gasteiger partial charge in [-0.25, -0.2) is 8.42 Å². The van der Waals surface area contributed by atoms with E-state index in [9.17, 15) is 13.2 Å². The van der Waals surface area contributed by atoms with Crippen LogP contribution in [0.4, 0.5) is 5.69 Å². The third-order valence-corrected chi connectivity index (χ3v) is 8.02. The minimum Gasteiger partial charge on any atom is -0.325 e. The molecule has 32 heavy (non-hydrogen) atoms. The molecule has 1 heterocycles. The average molecular weight is 493 g/mol. The molecule has 0 aliphatic heterocycles. The number of halogens is 1. The Bertz CT molecular complexity index is 1190. The number of hydrogen-bond donors (Lipinski definition) is 1. The van der Waals surface area contributed by atoms with Crippen molar-refractivity contribution in [2.45, 2.75) is 54.8 Å². The molecule has 0 saturated carbocycles. The average Bonchev–Trinajstić information content (AvgIpc) is 3.12. The van der Waals surface area contributed by atoms with Gasteiger partial charge in [0.1, 0.15) is 11.6 Å². The summed E-state index contributed by atoms with van der Waals surface area (Å²) in [5, 5.41) is 11.8. The van der Waals surface area contributed by atoms with Gasteiger partial charge in [0.25, 0.3) is 0 Å². The van der Waals surface area contributed by atoms with Crippen LogP contribution in [-0.4, -0.2) is 34.3 Å². The van der Waals surface area contributed by atoms with Crippen LogP contribution in [0.3, 0.4) is 0 Å². The van der Waals surface area contributed by atoms with Crippen molar-refractivity contribution in [2.24, 2.45) is 0 Å². The lowest BCUT2D eigenvalue weighted by Crippen LogP contribution is -2.25. The monoisotopic (exact) mass is 492 g/mol. The third kappa shape index (κ3) is 5.90. The maximum atomic E-state index is 12.8. The van der Waals surface area contributed by atoms with Gasteiger partial charge in [-0.3, -0.25) is 4.79 Å². The second-order valence-corrected chi connectivity index (χ2v) is 10.8. The lowest BCUT2D eigenvalue weighted by atomic mass is 10.2. The quantitative estimate of drug-likeness (QED) is 0.433. The van der Waals surface area contributed by atoms with E-state index in [1.807, 2.05) is 20.8 Å². The van der Waals surface area contributed by atoms with Crippen molar-refractivity contribution < 1.29 is 13.2 Å². The normalized spacial score (nSPS) is 12.5. The molecule has 10 heteroatoms. The molecule has 3 aromatic rings. The number of carbonyl (C=O) groups excluding carboxylic acids is 1. The number of nitrogens with zero attached hydrogens (tertiary/aromatic N) is 3. The lowest BCUT2D eigenvalue weighted by molar-refractivity contribution is -0.115. The van der Waals surface area contributed by atoms with Crippen LogP contribution in [0.1, 0.15) is 31.7 Å². The lowest BCUT2D eigenvalue weighted by Gasteiger charge is -2.15. The van der Waals surface area contributed by atoms with Crippen LogP contribution in [0.25, 0.3) is 0 Å². The predicted molar refractivity (Wildman–Crippen MR) is 128 cm³/mol. The topological polar surface area (TPSA) is 93.9 Å². The fourth-order valence-corrected chi connectivity index (χ4v) is 5.57. The SMILES string of the molecule is CCC(Sc1nnc(CS(=O)(=O)c2ccc(C)cc2)n1CC)C(=O)Nc1cccc(Cl)c1. The highest BCUT2D eigenvalue weighted by atomic mass is 35.5. The van der Waals surface area contributed by atoms with Crippen molar-refractivity contribution in [3.8, 4) is 0 Å². The smallest absolute Gasteiger partial charge is 0.237 e. The number of aryl methyl sites for hydroxylation is 1. The first-order valence-electron chi connectivity index (χ1n) is 10.2. The minimum atomic E-state index is -3.57. The standard InChI is InChI=1S/C22H25ClN4O3S2/c1-4-19(21(28)24-17-8-6-7-16(23)13-17)31-22-26-25-20(27(22)5-2)14-32(29,30)18-11-9-15(3)10-12-18/h6-13,19H,4-5,14H2,1-3H3,(H,24,28). The maximum Gasteiger partial charge on any atom is 0.237 e. The van der Waals surface area contributed by atoms with E-state index in [0.717, 1.165) is 5.56 Å². The number of carbonyl (C=O) groups is 1. The Balaban J connectivity index is 1.77. The van der Waals surface area contributed by atoms with Crippen LogP contribution in [0.2, 0.25) is 5.02 Å². The second-order valence-electron chi connectivity index (χ2n) is 7.23. The van der Waals surface area contributed by atoms with Crippen LogP contribution < -0.4 is 5.32 Å². The molecule has 7 nitrogen and oxygen atoms in total. The molecule has 0 radical (unpaired) electrons. The summed E-state index contributed by atoms with van der Waals surface area (Å²) in [6.45, 7) is 6.19. The highest BCUT2D eigenvalue weighted by Crippen LogP contribution is 2.27. The van der Waals surface area contributed by atoms with E-state index in [-0.39, 0.29) is 16.6 Å².